The Morgan fingerprint density at radius 2 is 1.90 bits per heavy atom. The number of benzene rings is 1. The van der Waals surface area contributed by atoms with Crippen LogP contribution in [-0.4, -0.2) is 51.8 Å². The fraction of sp³-hybridized carbons (Fsp3) is 0.562. The number of nitrogens with zero attached hydrogens (tertiary/aromatic N) is 1. The summed E-state index contributed by atoms with van der Waals surface area (Å²) in [5, 5.41) is 0. The Morgan fingerprint density at radius 3 is 2.43 bits per heavy atom. The lowest BCUT2D eigenvalue weighted by molar-refractivity contribution is 0.0668. The number of ether oxygens (including phenoxy) is 3. The van der Waals surface area contributed by atoms with Crippen molar-refractivity contribution in [2.75, 3.05) is 41.0 Å². The highest BCUT2D eigenvalue weighted by molar-refractivity contribution is 5.97. The maximum Gasteiger partial charge on any atom is 0.257 e. The van der Waals surface area contributed by atoms with E-state index in [0.717, 1.165) is 0 Å². The van der Waals surface area contributed by atoms with Gasteiger partial charge in [-0.3, -0.25) is 4.79 Å². The minimum atomic E-state index is -0.0727. The van der Waals surface area contributed by atoms with E-state index in [4.69, 9.17) is 14.2 Å². The van der Waals surface area contributed by atoms with Crippen molar-refractivity contribution in [2.24, 2.45) is 5.92 Å². The van der Waals surface area contributed by atoms with E-state index in [1.807, 2.05) is 0 Å². The van der Waals surface area contributed by atoms with E-state index in [2.05, 4.69) is 13.8 Å². The largest absolute Gasteiger partial charge is 0.493 e. The van der Waals surface area contributed by atoms with Crippen LogP contribution in [-0.2, 0) is 4.74 Å². The van der Waals surface area contributed by atoms with Crippen LogP contribution in [0.4, 0.5) is 0 Å². The normalized spacial score (nSPS) is 10.6. The second-order valence-corrected chi connectivity index (χ2v) is 5.18. The average molecular weight is 295 g/mol. The molecule has 0 saturated heterocycles. The summed E-state index contributed by atoms with van der Waals surface area (Å²) in [6, 6.07) is 5.32. The van der Waals surface area contributed by atoms with Crippen molar-refractivity contribution >= 4 is 5.91 Å². The lowest BCUT2D eigenvalue weighted by Crippen LogP contribution is -2.37. The average Bonchev–Trinajstić information content (AvgIpc) is 2.49. The lowest BCUT2D eigenvalue weighted by Gasteiger charge is -2.25. The van der Waals surface area contributed by atoms with Gasteiger partial charge in [0.05, 0.1) is 26.4 Å². The van der Waals surface area contributed by atoms with Crippen molar-refractivity contribution in [2.45, 2.75) is 13.8 Å². The highest BCUT2D eigenvalue weighted by atomic mass is 16.5. The van der Waals surface area contributed by atoms with Crippen molar-refractivity contribution in [3.8, 4) is 11.5 Å². The van der Waals surface area contributed by atoms with E-state index in [9.17, 15) is 4.79 Å². The number of hydrogen-bond donors (Lipinski definition) is 0. The Balaban J connectivity index is 3.07. The topological polar surface area (TPSA) is 48.0 Å². The van der Waals surface area contributed by atoms with Crippen LogP contribution in [0.1, 0.15) is 24.2 Å². The maximum atomic E-state index is 12.8. The zero-order valence-corrected chi connectivity index (χ0v) is 13.5. The maximum absolute atomic E-state index is 12.8. The van der Waals surface area contributed by atoms with Gasteiger partial charge < -0.3 is 19.1 Å². The van der Waals surface area contributed by atoms with Crippen molar-refractivity contribution in [3.05, 3.63) is 23.8 Å². The molecule has 0 aromatic heterocycles. The fourth-order valence-corrected chi connectivity index (χ4v) is 2.14. The SMILES string of the molecule is COCCN(CC(C)C)C(=O)c1cccc(OC)c1OC. The number of carbonyl (C=O) groups is 1. The zero-order chi connectivity index (χ0) is 15.8. The minimum Gasteiger partial charge on any atom is -0.493 e. The number of rotatable bonds is 8. The highest BCUT2D eigenvalue weighted by Gasteiger charge is 2.22. The van der Waals surface area contributed by atoms with Crippen molar-refractivity contribution in [1.82, 2.24) is 4.90 Å². The van der Waals surface area contributed by atoms with Crippen LogP contribution in [0.3, 0.4) is 0 Å². The Bertz CT molecular complexity index is 460. The first kappa shape index (κ1) is 17.3. The van der Waals surface area contributed by atoms with Gasteiger partial charge in [0.1, 0.15) is 0 Å². The molecule has 0 saturated carbocycles. The molecule has 0 radical (unpaired) electrons. The van der Waals surface area contributed by atoms with Crippen molar-refractivity contribution in [3.63, 3.8) is 0 Å². The monoisotopic (exact) mass is 295 g/mol. The zero-order valence-electron chi connectivity index (χ0n) is 13.5. The summed E-state index contributed by atoms with van der Waals surface area (Å²) in [6.45, 7) is 5.88. The molecule has 118 valence electrons. The third-order valence-electron chi connectivity index (χ3n) is 3.07. The number of hydrogen-bond acceptors (Lipinski definition) is 4. The van der Waals surface area contributed by atoms with Gasteiger partial charge in [0.15, 0.2) is 11.5 Å². The highest BCUT2D eigenvalue weighted by Crippen LogP contribution is 2.31. The summed E-state index contributed by atoms with van der Waals surface area (Å²) in [6.07, 6.45) is 0. The molecule has 0 aliphatic rings. The predicted molar refractivity (Wildman–Crippen MR) is 82.2 cm³/mol. The minimum absolute atomic E-state index is 0.0727. The molecule has 1 aromatic rings. The molecule has 21 heavy (non-hydrogen) atoms. The first-order valence-electron chi connectivity index (χ1n) is 7.04. The molecule has 1 aromatic carbocycles. The second-order valence-electron chi connectivity index (χ2n) is 5.18. The van der Waals surface area contributed by atoms with Gasteiger partial charge in [0.25, 0.3) is 5.91 Å². The van der Waals surface area contributed by atoms with Crippen LogP contribution in [0.5, 0.6) is 11.5 Å². The molecule has 5 nitrogen and oxygen atoms in total. The van der Waals surface area contributed by atoms with E-state index in [1.165, 1.54) is 7.11 Å². The van der Waals surface area contributed by atoms with E-state index in [0.29, 0.717) is 42.7 Å². The Labute approximate surface area is 126 Å². The molecule has 0 bridgehead atoms. The second kappa shape index (κ2) is 8.52. The molecule has 0 heterocycles. The molecule has 1 amide bonds. The first-order valence-corrected chi connectivity index (χ1v) is 7.04. The van der Waals surface area contributed by atoms with E-state index in [-0.39, 0.29) is 5.91 Å². The van der Waals surface area contributed by atoms with Gasteiger partial charge in [-0.05, 0) is 18.1 Å². The smallest absolute Gasteiger partial charge is 0.257 e. The van der Waals surface area contributed by atoms with Gasteiger partial charge in [-0.1, -0.05) is 19.9 Å². The van der Waals surface area contributed by atoms with Gasteiger partial charge in [-0.15, -0.1) is 0 Å². The first-order chi connectivity index (χ1) is 10.0. The van der Waals surface area contributed by atoms with Gasteiger partial charge in [0, 0.05) is 20.2 Å². The van der Waals surface area contributed by atoms with E-state index < -0.39 is 0 Å². The molecule has 0 unspecified atom stereocenters. The molecule has 0 fully saturated rings. The Morgan fingerprint density at radius 1 is 1.19 bits per heavy atom. The number of para-hydroxylation sites is 1. The van der Waals surface area contributed by atoms with Crippen molar-refractivity contribution < 1.29 is 19.0 Å². The van der Waals surface area contributed by atoms with Crippen LogP contribution in [0.2, 0.25) is 0 Å². The summed E-state index contributed by atoms with van der Waals surface area (Å²) < 4.78 is 15.7. The van der Waals surface area contributed by atoms with Crippen LogP contribution in [0.15, 0.2) is 18.2 Å². The Hall–Kier alpha value is -1.75. The van der Waals surface area contributed by atoms with Crippen LogP contribution in [0, 0.1) is 5.92 Å². The third kappa shape index (κ3) is 4.63. The van der Waals surface area contributed by atoms with Gasteiger partial charge in [0.2, 0.25) is 0 Å². The van der Waals surface area contributed by atoms with E-state index in [1.54, 1.807) is 37.3 Å². The summed E-state index contributed by atoms with van der Waals surface area (Å²) in [4.78, 5) is 14.6. The number of carbonyl (C=O) groups excluding carboxylic acids is 1. The molecule has 0 N–H and O–H groups in total. The van der Waals surface area contributed by atoms with Gasteiger partial charge in [-0.2, -0.15) is 0 Å². The molecule has 0 spiro atoms. The molecule has 5 heteroatoms. The summed E-state index contributed by atoms with van der Waals surface area (Å²) in [7, 11) is 4.73. The summed E-state index contributed by atoms with van der Waals surface area (Å²) in [5.74, 6) is 1.33. The third-order valence-corrected chi connectivity index (χ3v) is 3.07. The standard InChI is InChI=1S/C16H25NO4/c1-12(2)11-17(9-10-19-3)16(18)13-7-6-8-14(20-4)15(13)21-5/h6-8,12H,9-11H2,1-5H3. The molecule has 1 rings (SSSR count). The molecular weight excluding hydrogens is 270 g/mol. The lowest BCUT2D eigenvalue weighted by atomic mass is 10.1. The number of amides is 1. The fourth-order valence-electron chi connectivity index (χ4n) is 2.14. The molecule has 0 atom stereocenters. The molecule has 0 aliphatic carbocycles. The van der Waals surface area contributed by atoms with Gasteiger partial charge in [-0.25, -0.2) is 0 Å². The van der Waals surface area contributed by atoms with Gasteiger partial charge >= 0.3 is 0 Å². The van der Waals surface area contributed by atoms with E-state index >= 15 is 0 Å². The predicted octanol–water partition coefficient (Wildman–Crippen LogP) is 2.45. The summed E-state index contributed by atoms with van der Waals surface area (Å²) in [5.41, 5.74) is 0.508. The number of methoxy groups -OCH3 is 3. The Kier molecular flexibility index (Phi) is 7.02. The van der Waals surface area contributed by atoms with Crippen LogP contribution in [0.25, 0.3) is 0 Å². The molecular formula is C16H25NO4. The summed E-state index contributed by atoms with van der Waals surface area (Å²) >= 11 is 0. The molecule has 0 aliphatic heterocycles. The van der Waals surface area contributed by atoms with Crippen molar-refractivity contribution in [1.29, 1.82) is 0 Å². The van der Waals surface area contributed by atoms with Crippen LogP contribution < -0.4 is 9.47 Å². The van der Waals surface area contributed by atoms with Crippen LogP contribution >= 0.6 is 0 Å². The quantitative estimate of drug-likeness (QED) is 0.739.